The van der Waals surface area contributed by atoms with Crippen molar-refractivity contribution in [3.63, 3.8) is 0 Å². The van der Waals surface area contributed by atoms with Gasteiger partial charge in [-0.05, 0) is 49.9 Å². The third-order valence-electron chi connectivity index (χ3n) is 6.19. The van der Waals surface area contributed by atoms with Gasteiger partial charge in [0.05, 0.1) is 11.9 Å². The fourth-order valence-electron chi connectivity index (χ4n) is 4.15. The van der Waals surface area contributed by atoms with Gasteiger partial charge in [0.15, 0.2) is 0 Å². The zero-order valence-corrected chi connectivity index (χ0v) is 20.3. The first kappa shape index (κ1) is 24.8. The third kappa shape index (κ3) is 6.57. The molecule has 0 aromatic heterocycles. The number of hydrogen-bond donors (Lipinski definition) is 1. The summed E-state index contributed by atoms with van der Waals surface area (Å²) in [5, 5.41) is 3.06. The number of sulfonamides is 1. The van der Waals surface area contributed by atoms with Crippen LogP contribution >= 0.6 is 0 Å². The van der Waals surface area contributed by atoms with Gasteiger partial charge in [0.2, 0.25) is 21.8 Å². The average Bonchev–Trinajstić information content (AvgIpc) is 3.29. The van der Waals surface area contributed by atoms with Crippen LogP contribution in [-0.2, 0) is 26.2 Å². The first-order valence-electron chi connectivity index (χ1n) is 11.3. The zero-order chi connectivity index (χ0) is 24.0. The maximum absolute atomic E-state index is 13.5. The van der Waals surface area contributed by atoms with Crippen LogP contribution in [0.4, 0.5) is 5.69 Å². The van der Waals surface area contributed by atoms with Gasteiger partial charge in [0.1, 0.15) is 12.6 Å². The van der Waals surface area contributed by atoms with E-state index in [-0.39, 0.29) is 25.0 Å². The van der Waals surface area contributed by atoms with Crippen molar-refractivity contribution >= 4 is 27.5 Å². The van der Waals surface area contributed by atoms with Gasteiger partial charge in [-0.3, -0.25) is 13.9 Å². The molecule has 1 saturated carbocycles. The van der Waals surface area contributed by atoms with E-state index in [0.717, 1.165) is 47.4 Å². The van der Waals surface area contributed by atoms with Gasteiger partial charge in [0.25, 0.3) is 0 Å². The Morgan fingerprint density at radius 1 is 1.03 bits per heavy atom. The summed E-state index contributed by atoms with van der Waals surface area (Å²) in [6.45, 7) is 3.49. The van der Waals surface area contributed by atoms with E-state index in [9.17, 15) is 18.0 Å². The van der Waals surface area contributed by atoms with E-state index in [1.807, 2.05) is 31.2 Å². The van der Waals surface area contributed by atoms with Crippen molar-refractivity contribution in [2.75, 3.05) is 17.1 Å². The molecule has 0 aliphatic heterocycles. The van der Waals surface area contributed by atoms with Gasteiger partial charge >= 0.3 is 0 Å². The van der Waals surface area contributed by atoms with Crippen molar-refractivity contribution < 1.29 is 18.0 Å². The summed E-state index contributed by atoms with van der Waals surface area (Å²) in [5.74, 6) is -0.643. The second kappa shape index (κ2) is 10.8. The molecule has 0 spiro atoms. The first-order valence-corrected chi connectivity index (χ1v) is 13.2. The fraction of sp³-hybridized carbons (Fsp3) is 0.440. The van der Waals surface area contributed by atoms with E-state index in [0.29, 0.717) is 5.69 Å². The van der Waals surface area contributed by atoms with Crippen molar-refractivity contribution in [1.82, 2.24) is 10.2 Å². The van der Waals surface area contributed by atoms with E-state index in [2.05, 4.69) is 5.32 Å². The summed E-state index contributed by atoms with van der Waals surface area (Å²) in [6, 6.07) is 15.6. The summed E-state index contributed by atoms with van der Waals surface area (Å²) in [4.78, 5) is 28.0. The number of rotatable bonds is 9. The first-order chi connectivity index (χ1) is 15.7. The monoisotopic (exact) mass is 471 g/mol. The number of amides is 2. The maximum Gasteiger partial charge on any atom is 0.244 e. The maximum atomic E-state index is 13.5. The van der Waals surface area contributed by atoms with Gasteiger partial charge in [-0.15, -0.1) is 0 Å². The number of carbonyl (C=O) groups is 2. The molecule has 7 nitrogen and oxygen atoms in total. The molecule has 1 fully saturated rings. The molecule has 8 heteroatoms. The van der Waals surface area contributed by atoms with Gasteiger partial charge in [-0.2, -0.15) is 0 Å². The highest BCUT2D eigenvalue weighted by molar-refractivity contribution is 7.92. The average molecular weight is 472 g/mol. The second-order valence-corrected chi connectivity index (χ2v) is 10.6. The molecule has 1 atom stereocenters. The Bertz CT molecular complexity index is 1070. The number of hydrogen-bond acceptors (Lipinski definition) is 4. The molecule has 2 amide bonds. The minimum Gasteiger partial charge on any atom is -0.352 e. The number of para-hydroxylation sites is 1. The van der Waals surface area contributed by atoms with Crippen molar-refractivity contribution in [3.05, 3.63) is 65.7 Å². The van der Waals surface area contributed by atoms with Gasteiger partial charge in [0, 0.05) is 12.6 Å². The van der Waals surface area contributed by atoms with E-state index in [1.165, 1.54) is 4.90 Å². The van der Waals surface area contributed by atoms with Crippen molar-refractivity contribution in [1.29, 1.82) is 0 Å². The number of aryl methyl sites for hydroxylation is 1. The van der Waals surface area contributed by atoms with E-state index in [4.69, 9.17) is 0 Å². The van der Waals surface area contributed by atoms with E-state index in [1.54, 1.807) is 37.3 Å². The molecule has 33 heavy (non-hydrogen) atoms. The Morgan fingerprint density at radius 2 is 1.64 bits per heavy atom. The highest BCUT2D eigenvalue weighted by Crippen LogP contribution is 2.21. The minimum absolute atomic E-state index is 0.132. The SMILES string of the molecule is Cc1ccccc1CN(C(=O)CN(c1ccccc1)S(C)(=O)=O)[C@@H](C)C(=O)NC1CCCC1. The lowest BCUT2D eigenvalue weighted by Gasteiger charge is -2.32. The Kier molecular flexibility index (Phi) is 8.13. The lowest BCUT2D eigenvalue weighted by molar-refractivity contribution is -0.139. The summed E-state index contributed by atoms with van der Waals surface area (Å²) >= 11 is 0. The van der Waals surface area contributed by atoms with Crippen molar-refractivity contribution in [2.45, 2.75) is 58.2 Å². The molecule has 2 aromatic rings. The van der Waals surface area contributed by atoms with Crippen LogP contribution in [0.15, 0.2) is 54.6 Å². The van der Waals surface area contributed by atoms with Gasteiger partial charge in [-0.1, -0.05) is 55.3 Å². The summed E-state index contributed by atoms with van der Waals surface area (Å²) in [5.41, 5.74) is 2.32. The Labute approximate surface area is 196 Å². The Morgan fingerprint density at radius 3 is 2.24 bits per heavy atom. The van der Waals surface area contributed by atoms with Gasteiger partial charge < -0.3 is 10.2 Å². The minimum atomic E-state index is -3.71. The largest absolute Gasteiger partial charge is 0.352 e. The quantitative estimate of drug-likeness (QED) is 0.608. The van der Waals surface area contributed by atoms with Gasteiger partial charge in [-0.25, -0.2) is 8.42 Å². The van der Waals surface area contributed by atoms with Crippen LogP contribution < -0.4 is 9.62 Å². The fourth-order valence-corrected chi connectivity index (χ4v) is 5.00. The normalized spacial score (nSPS) is 15.1. The van der Waals surface area contributed by atoms with E-state index < -0.39 is 22.0 Å². The number of nitrogens with zero attached hydrogens (tertiary/aromatic N) is 2. The van der Waals surface area contributed by atoms with Crippen molar-refractivity contribution in [3.8, 4) is 0 Å². The molecule has 2 aromatic carbocycles. The molecule has 0 unspecified atom stereocenters. The molecule has 3 rings (SSSR count). The second-order valence-electron chi connectivity index (χ2n) is 8.72. The smallest absolute Gasteiger partial charge is 0.244 e. The molecule has 0 heterocycles. The molecule has 0 saturated heterocycles. The van der Waals surface area contributed by atoms with Crippen molar-refractivity contribution in [2.24, 2.45) is 0 Å². The van der Waals surface area contributed by atoms with Crippen LogP contribution in [0.3, 0.4) is 0 Å². The lowest BCUT2D eigenvalue weighted by Crippen LogP contribution is -2.52. The van der Waals surface area contributed by atoms with Crippen LogP contribution in [0.5, 0.6) is 0 Å². The molecule has 0 radical (unpaired) electrons. The number of anilines is 1. The number of nitrogens with one attached hydrogen (secondary N) is 1. The standard InChI is InChI=1S/C25H33N3O4S/c1-19-11-7-8-12-21(19)17-27(20(2)25(30)26-22-13-9-10-14-22)24(29)18-28(33(3,31)32)23-15-5-4-6-16-23/h4-8,11-12,15-16,20,22H,9-10,13-14,17-18H2,1-3H3,(H,26,30)/t20-/m0/s1. The number of carbonyl (C=O) groups excluding carboxylic acids is 2. The summed E-state index contributed by atoms with van der Waals surface area (Å²) in [6.07, 6.45) is 5.15. The molecule has 1 N–H and O–H groups in total. The Balaban J connectivity index is 1.87. The molecule has 1 aliphatic carbocycles. The molecular weight excluding hydrogens is 438 g/mol. The molecular formula is C25H33N3O4S. The van der Waals surface area contributed by atoms with Crippen LogP contribution in [0.2, 0.25) is 0 Å². The third-order valence-corrected chi connectivity index (χ3v) is 7.33. The van der Waals surface area contributed by atoms with Crippen LogP contribution in [0.1, 0.15) is 43.7 Å². The number of benzene rings is 2. The summed E-state index contributed by atoms with van der Waals surface area (Å²) < 4.78 is 26.1. The van der Waals surface area contributed by atoms with Crippen LogP contribution in [0.25, 0.3) is 0 Å². The topological polar surface area (TPSA) is 86.8 Å². The Hall–Kier alpha value is -2.87. The summed E-state index contributed by atoms with van der Waals surface area (Å²) in [7, 11) is -3.71. The highest BCUT2D eigenvalue weighted by Gasteiger charge is 2.31. The molecule has 1 aliphatic rings. The predicted molar refractivity (Wildman–Crippen MR) is 130 cm³/mol. The van der Waals surface area contributed by atoms with E-state index >= 15 is 0 Å². The molecule has 0 bridgehead atoms. The predicted octanol–water partition coefficient (Wildman–Crippen LogP) is 3.24. The van der Waals surface area contributed by atoms with Crippen LogP contribution in [0, 0.1) is 6.92 Å². The molecule has 178 valence electrons. The lowest BCUT2D eigenvalue weighted by atomic mass is 10.1. The van der Waals surface area contributed by atoms with Crippen LogP contribution in [-0.4, -0.2) is 50.0 Å². The highest BCUT2D eigenvalue weighted by atomic mass is 32.2. The zero-order valence-electron chi connectivity index (χ0n) is 19.5.